The van der Waals surface area contributed by atoms with E-state index >= 15 is 0 Å². The van der Waals surface area contributed by atoms with Gasteiger partial charge in [-0.15, -0.1) is 5.10 Å². The van der Waals surface area contributed by atoms with Gasteiger partial charge in [0.15, 0.2) is 0 Å². The molecule has 6 rings (SSSR count). The molecule has 0 saturated carbocycles. The van der Waals surface area contributed by atoms with Crippen LogP contribution in [0.3, 0.4) is 0 Å². The smallest absolute Gasteiger partial charge is 0.409 e. The van der Waals surface area contributed by atoms with Crippen LogP contribution in [0.5, 0.6) is 0 Å². The molecule has 3 N–H and O–H groups in total. The van der Waals surface area contributed by atoms with Gasteiger partial charge in [-0.25, -0.2) is 14.8 Å². The number of benzene rings is 1. The van der Waals surface area contributed by atoms with E-state index in [2.05, 4.69) is 35.8 Å². The number of rotatable bonds is 5. The molecule has 1 aromatic carbocycles. The number of carboxylic acid groups (broad SMARTS) is 1. The fourth-order valence-corrected chi connectivity index (χ4v) is 4.58. The molecule has 184 valence electrons. The van der Waals surface area contributed by atoms with Crippen LogP contribution < -0.4 is 10.9 Å². The highest BCUT2D eigenvalue weighted by Gasteiger charge is 2.29. The van der Waals surface area contributed by atoms with Gasteiger partial charge in [0.1, 0.15) is 18.0 Å². The molecule has 0 radical (unpaired) electrons. The molecule has 13 nitrogen and oxygen atoms in total. The van der Waals surface area contributed by atoms with Crippen LogP contribution in [-0.4, -0.2) is 55.9 Å². The number of tetrazole rings is 1. The molecule has 37 heavy (non-hydrogen) atoms. The summed E-state index contributed by atoms with van der Waals surface area (Å²) in [4.78, 5) is 40.9. The average Bonchev–Trinajstić information content (AvgIpc) is 3.65. The number of nitrogens with one attached hydrogen (secondary N) is 2. The van der Waals surface area contributed by atoms with Crippen molar-refractivity contribution in [3.63, 3.8) is 0 Å². The first-order valence-electron chi connectivity index (χ1n) is 11.1. The largest absolute Gasteiger partial charge is 0.465 e. The first-order chi connectivity index (χ1) is 18.0. The first-order valence-corrected chi connectivity index (χ1v) is 11.5. The van der Waals surface area contributed by atoms with Crippen LogP contribution in [0.4, 0.5) is 10.5 Å². The number of halogens is 1. The number of pyridine rings is 1. The van der Waals surface area contributed by atoms with Crippen molar-refractivity contribution in [1.29, 1.82) is 0 Å². The fraction of sp³-hybridized carbons (Fsp3) is 0.130. The van der Waals surface area contributed by atoms with E-state index in [4.69, 9.17) is 21.7 Å². The van der Waals surface area contributed by atoms with Crippen LogP contribution >= 0.6 is 11.6 Å². The number of aryl methyl sites for hydroxylation is 1. The molecule has 0 bridgehead atoms. The minimum Gasteiger partial charge on any atom is -0.465 e. The molecule has 0 spiro atoms. The van der Waals surface area contributed by atoms with E-state index in [1.807, 2.05) is 0 Å². The molecule has 4 aromatic heterocycles. The molecular formula is C23H17ClN10O3. The fourth-order valence-electron chi connectivity index (χ4n) is 4.41. The lowest BCUT2D eigenvalue weighted by Gasteiger charge is -2.14. The van der Waals surface area contributed by atoms with Crippen molar-refractivity contribution in [3.05, 3.63) is 82.1 Å². The number of H-pyrrole nitrogens is 1. The third-order valence-corrected chi connectivity index (χ3v) is 6.25. The first kappa shape index (κ1) is 22.5. The minimum absolute atomic E-state index is 0.217. The molecule has 5 aromatic rings. The molecule has 1 aliphatic rings. The van der Waals surface area contributed by atoms with Gasteiger partial charge in [0.25, 0.3) is 5.56 Å². The summed E-state index contributed by atoms with van der Waals surface area (Å²) in [5.74, 6) is 1.24. The quantitative estimate of drug-likeness (QED) is 0.317. The summed E-state index contributed by atoms with van der Waals surface area (Å²) in [6.07, 6.45) is 4.58. The van der Waals surface area contributed by atoms with E-state index in [1.54, 1.807) is 41.1 Å². The Morgan fingerprint density at radius 1 is 1.14 bits per heavy atom. The number of imidazole rings is 1. The van der Waals surface area contributed by atoms with Crippen molar-refractivity contribution in [2.24, 2.45) is 0 Å². The molecule has 0 fully saturated rings. The predicted molar refractivity (Wildman–Crippen MR) is 132 cm³/mol. The lowest BCUT2D eigenvalue weighted by molar-refractivity contribution is 0.209. The Bertz CT molecular complexity index is 1680. The number of nitrogens with zero attached hydrogens (tertiary/aromatic N) is 8. The third-order valence-electron chi connectivity index (χ3n) is 6.01. The maximum absolute atomic E-state index is 13.3. The number of carbonyl (C=O) groups is 1. The lowest BCUT2D eigenvalue weighted by Crippen LogP contribution is -2.25. The number of anilines is 1. The summed E-state index contributed by atoms with van der Waals surface area (Å²) in [5, 5.41) is 22.9. The van der Waals surface area contributed by atoms with Gasteiger partial charge in [-0.1, -0.05) is 11.6 Å². The minimum atomic E-state index is -1.16. The van der Waals surface area contributed by atoms with E-state index in [1.165, 1.54) is 23.3 Å². The molecule has 0 unspecified atom stereocenters. The highest BCUT2D eigenvalue weighted by molar-refractivity contribution is 6.31. The van der Waals surface area contributed by atoms with Crippen molar-refractivity contribution in [2.75, 3.05) is 5.32 Å². The second kappa shape index (κ2) is 8.95. The van der Waals surface area contributed by atoms with Gasteiger partial charge >= 0.3 is 6.09 Å². The van der Waals surface area contributed by atoms with Crippen molar-refractivity contribution in [2.45, 2.75) is 18.9 Å². The molecule has 0 aliphatic carbocycles. The topological polar surface area (TPSA) is 169 Å². The van der Waals surface area contributed by atoms with Crippen LogP contribution in [0, 0.1) is 0 Å². The molecule has 1 amide bonds. The Balaban J connectivity index is 1.32. The average molecular weight is 517 g/mol. The predicted octanol–water partition coefficient (Wildman–Crippen LogP) is 2.95. The van der Waals surface area contributed by atoms with Crippen LogP contribution in [0.25, 0.3) is 28.3 Å². The van der Waals surface area contributed by atoms with E-state index in [0.29, 0.717) is 63.5 Å². The van der Waals surface area contributed by atoms with E-state index in [0.717, 1.165) is 0 Å². The van der Waals surface area contributed by atoms with E-state index in [-0.39, 0.29) is 11.6 Å². The summed E-state index contributed by atoms with van der Waals surface area (Å²) < 4.78 is 3.13. The molecule has 14 heteroatoms. The zero-order valence-electron chi connectivity index (χ0n) is 18.9. The summed E-state index contributed by atoms with van der Waals surface area (Å²) in [7, 11) is 0. The molecule has 0 saturated heterocycles. The number of hydrogen-bond acceptors (Lipinski definition) is 8. The van der Waals surface area contributed by atoms with E-state index < -0.39 is 6.09 Å². The van der Waals surface area contributed by atoms with Gasteiger partial charge in [-0.05, 0) is 47.2 Å². The van der Waals surface area contributed by atoms with Gasteiger partial charge < -0.3 is 10.1 Å². The number of hydrogen-bond donors (Lipinski definition) is 3. The normalized spacial score (nSPS) is 14.5. The monoisotopic (exact) mass is 516 g/mol. The number of aromatic nitrogens is 9. The number of amides is 1. The molecule has 1 atom stereocenters. The van der Waals surface area contributed by atoms with Crippen LogP contribution in [0.1, 0.15) is 24.1 Å². The highest BCUT2D eigenvalue weighted by Crippen LogP contribution is 2.32. The van der Waals surface area contributed by atoms with Crippen molar-refractivity contribution >= 4 is 23.4 Å². The van der Waals surface area contributed by atoms with Crippen LogP contribution in [0.2, 0.25) is 5.02 Å². The maximum atomic E-state index is 13.3. The third kappa shape index (κ3) is 4.21. The number of aromatic amines is 1. The van der Waals surface area contributed by atoms with Crippen molar-refractivity contribution in [3.8, 4) is 28.3 Å². The number of fused-ring (bicyclic) bond motifs is 1. The summed E-state index contributed by atoms with van der Waals surface area (Å²) in [6.45, 7) is 0. The standard InChI is InChI=1S/C23H17ClN10O3/c24-12-1-4-18(33-11-27-31-32-33)14(7-12)16-8-21(35)34-19(5-6-20(34)29-16)22-26-10-17(30-22)15-3-2-13(9-25-15)28-23(36)37/h1-4,7-11,19,28H,5-6H2,(H,26,30)(H,36,37)/t19-/m0/s1. The molecule has 5 heterocycles. The Kier molecular flexibility index (Phi) is 5.45. The maximum Gasteiger partial charge on any atom is 0.409 e. The Morgan fingerprint density at radius 2 is 2.03 bits per heavy atom. The second-order valence-corrected chi connectivity index (χ2v) is 8.72. The van der Waals surface area contributed by atoms with Gasteiger partial charge in [0, 0.05) is 23.1 Å². The molecule has 1 aliphatic heterocycles. The summed E-state index contributed by atoms with van der Waals surface area (Å²) in [5.41, 5.74) is 3.13. The SMILES string of the molecule is O=C(O)Nc1ccc(-c2cnc([C@@H]3CCc4nc(-c5cc(Cl)ccc5-n5cnnn5)cc(=O)n43)[nH]2)nc1. The molecular weight excluding hydrogens is 500 g/mol. The van der Waals surface area contributed by atoms with E-state index in [9.17, 15) is 9.59 Å². The van der Waals surface area contributed by atoms with Crippen molar-refractivity contribution in [1.82, 2.24) is 44.7 Å². The summed E-state index contributed by atoms with van der Waals surface area (Å²) in [6, 6.07) is 9.66. The summed E-state index contributed by atoms with van der Waals surface area (Å²) >= 11 is 6.25. The zero-order chi connectivity index (χ0) is 25.5. The van der Waals surface area contributed by atoms with Gasteiger partial charge in [-0.3, -0.25) is 19.7 Å². The Labute approximate surface area is 212 Å². The van der Waals surface area contributed by atoms with Gasteiger partial charge in [-0.2, -0.15) is 4.68 Å². The second-order valence-electron chi connectivity index (χ2n) is 8.28. The Morgan fingerprint density at radius 3 is 2.78 bits per heavy atom. The lowest BCUT2D eigenvalue weighted by atomic mass is 10.1. The van der Waals surface area contributed by atoms with Crippen LogP contribution in [-0.2, 0) is 6.42 Å². The Hall–Kier alpha value is -4.91. The zero-order valence-corrected chi connectivity index (χ0v) is 19.7. The van der Waals surface area contributed by atoms with Crippen molar-refractivity contribution < 1.29 is 9.90 Å². The van der Waals surface area contributed by atoms with Gasteiger partial charge in [0.2, 0.25) is 0 Å². The van der Waals surface area contributed by atoms with Gasteiger partial charge in [0.05, 0.1) is 46.9 Å². The van der Waals surface area contributed by atoms with Crippen LogP contribution in [0.15, 0.2) is 59.9 Å². The highest BCUT2D eigenvalue weighted by atomic mass is 35.5.